The lowest BCUT2D eigenvalue weighted by Gasteiger charge is -2.38. The summed E-state index contributed by atoms with van der Waals surface area (Å²) in [7, 11) is 0. The number of piperidine rings is 1. The van der Waals surface area contributed by atoms with Crippen LogP contribution in [0.5, 0.6) is 0 Å². The Morgan fingerprint density at radius 3 is 2.35 bits per heavy atom. The first-order valence-electron chi connectivity index (χ1n) is 10.5. The lowest BCUT2D eigenvalue weighted by Crippen LogP contribution is -2.47. The second-order valence-corrected chi connectivity index (χ2v) is 8.35. The highest BCUT2D eigenvalue weighted by Gasteiger charge is 2.33. The molecule has 144 valence electrons. The first kappa shape index (κ1) is 18.1. The molecule has 0 radical (unpaired) electrons. The fourth-order valence-corrected chi connectivity index (χ4v) is 4.83. The Morgan fingerprint density at radius 2 is 1.77 bits per heavy atom. The Labute approximate surface area is 157 Å². The number of morpholine rings is 1. The maximum atomic E-state index is 6.13. The minimum absolute atomic E-state index is 0.318. The Balaban J connectivity index is 1.43. The van der Waals surface area contributed by atoms with Crippen LogP contribution in [0.25, 0.3) is 0 Å². The number of nitrogens with zero attached hydrogens (tertiary/aromatic N) is 2. The van der Waals surface area contributed by atoms with Crippen molar-refractivity contribution in [1.29, 1.82) is 0 Å². The number of hydrogen-bond donors (Lipinski definition) is 2. The van der Waals surface area contributed by atoms with Gasteiger partial charge in [0.1, 0.15) is 5.82 Å². The van der Waals surface area contributed by atoms with Gasteiger partial charge >= 0.3 is 0 Å². The molecule has 3 saturated heterocycles. The van der Waals surface area contributed by atoms with Gasteiger partial charge < -0.3 is 20.3 Å². The number of ether oxygens (including phenoxy) is 1. The van der Waals surface area contributed by atoms with Gasteiger partial charge in [-0.3, -0.25) is 0 Å². The first-order valence-corrected chi connectivity index (χ1v) is 10.5. The summed E-state index contributed by atoms with van der Waals surface area (Å²) in [5.41, 5.74) is 2.31. The summed E-state index contributed by atoms with van der Waals surface area (Å²) >= 11 is 0. The van der Waals surface area contributed by atoms with Crippen molar-refractivity contribution in [3.63, 3.8) is 0 Å². The van der Waals surface area contributed by atoms with Gasteiger partial charge in [0.2, 0.25) is 0 Å². The van der Waals surface area contributed by atoms with Crippen LogP contribution < -0.4 is 15.5 Å². The molecule has 26 heavy (non-hydrogen) atoms. The van der Waals surface area contributed by atoms with Crippen molar-refractivity contribution < 1.29 is 4.74 Å². The zero-order valence-electron chi connectivity index (χ0n) is 16.5. The highest BCUT2D eigenvalue weighted by atomic mass is 16.5. The minimum atomic E-state index is 0.318. The van der Waals surface area contributed by atoms with E-state index in [9.17, 15) is 0 Å². The Morgan fingerprint density at radius 1 is 1.12 bits per heavy atom. The molecule has 4 heterocycles. The van der Waals surface area contributed by atoms with E-state index >= 15 is 0 Å². The SMILES string of the molecule is CC[C@@H]1CN(c2ccc(NC3CC4CCC(C3)N4)c(C)n2)C[C@H](CC)O1. The second kappa shape index (κ2) is 7.73. The van der Waals surface area contributed by atoms with Crippen LogP contribution in [0.4, 0.5) is 11.5 Å². The highest BCUT2D eigenvalue weighted by molar-refractivity contribution is 5.54. The third kappa shape index (κ3) is 3.84. The number of rotatable bonds is 5. The molecule has 4 atom stereocenters. The van der Waals surface area contributed by atoms with Crippen molar-refractivity contribution in [2.24, 2.45) is 0 Å². The van der Waals surface area contributed by atoms with Crippen LogP contribution in [0.2, 0.25) is 0 Å². The standard InChI is InChI=1S/C21H34N4O/c1-4-18-12-25(13-19(5-2)26-18)21-9-8-20(14(3)22-21)24-17-10-15-6-7-16(11-17)23-15/h8-9,15-19,23-24H,4-7,10-13H2,1-3H3/t15?,16?,17?,18-,19+. The Hall–Kier alpha value is -1.33. The summed E-state index contributed by atoms with van der Waals surface area (Å²) in [5, 5.41) is 7.49. The molecule has 1 aromatic rings. The second-order valence-electron chi connectivity index (χ2n) is 8.35. The quantitative estimate of drug-likeness (QED) is 0.844. The van der Waals surface area contributed by atoms with Crippen molar-refractivity contribution in [2.45, 2.75) is 89.6 Å². The number of aromatic nitrogens is 1. The third-order valence-corrected chi connectivity index (χ3v) is 6.37. The molecule has 1 aromatic heterocycles. The van der Waals surface area contributed by atoms with E-state index in [1.807, 2.05) is 0 Å². The van der Waals surface area contributed by atoms with Gasteiger partial charge in [-0.25, -0.2) is 4.98 Å². The van der Waals surface area contributed by atoms with Gasteiger partial charge in [-0.1, -0.05) is 13.8 Å². The van der Waals surface area contributed by atoms with Crippen LogP contribution in [0.15, 0.2) is 12.1 Å². The minimum Gasteiger partial charge on any atom is -0.381 e. The number of pyridine rings is 1. The maximum Gasteiger partial charge on any atom is 0.129 e. The number of fused-ring (bicyclic) bond motifs is 2. The number of nitrogens with one attached hydrogen (secondary N) is 2. The monoisotopic (exact) mass is 358 g/mol. The predicted octanol–water partition coefficient (Wildman–Crippen LogP) is 3.48. The van der Waals surface area contributed by atoms with E-state index in [4.69, 9.17) is 9.72 Å². The van der Waals surface area contributed by atoms with E-state index in [2.05, 4.69) is 48.4 Å². The van der Waals surface area contributed by atoms with Gasteiger partial charge in [0.25, 0.3) is 0 Å². The van der Waals surface area contributed by atoms with Gasteiger partial charge in [0.15, 0.2) is 0 Å². The van der Waals surface area contributed by atoms with E-state index in [1.54, 1.807) is 0 Å². The summed E-state index contributed by atoms with van der Waals surface area (Å²) < 4.78 is 6.13. The summed E-state index contributed by atoms with van der Waals surface area (Å²) in [6.07, 6.45) is 7.90. The molecule has 2 unspecified atom stereocenters. The molecule has 0 saturated carbocycles. The smallest absolute Gasteiger partial charge is 0.129 e. The van der Waals surface area contributed by atoms with Crippen LogP contribution >= 0.6 is 0 Å². The van der Waals surface area contributed by atoms with Gasteiger partial charge in [-0.05, 0) is 57.6 Å². The van der Waals surface area contributed by atoms with E-state index in [1.165, 1.54) is 31.4 Å². The van der Waals surface area contributed by atoms with Crippen LogP contribution in [-0.2, 0) is 4.74 Å². The molecule has 4 rings (SSSR count). The molecule has 2 N–H and O–H groups in total. The van der Waals surface area contributed by atoms with Crippen molar-refractivity contribution in [2.75, 3.05) is 23.3 Å². The van der Waals surface area contributed by atoms with Crippen molar-refractivity contribution in [3.8, 4) is 0 Å². The number of hydrogen-bond acceptors (Lipinski definition) is 5. The average molecular weight is 359 g/mol. The fraction of sp³-hybridized carbons (Fsp3) is 0.762. The largest absolute Gasteiger partial charge is 0.381 e. The van der Waals surface area contributed by atoms with Gasteiger partial charge in [-0.2, -0.15) is 0 Å². The predicted molar refractivity (Wildman–Crippen MR) is 107 cm³/mol. The highest BCUT2D eigenvalue weighted by Crippen LogP contribution is 2.30. The average Bonchev–Trinajstić information content (AvgIpc) is 3.01. The molecule has 0 aromatic carbocycles. The van der Waals surface area contributed by atoms with Crippen LogP contribution in [-0.4, -0.2) is 48.4 Å². The molecule has 2 bridgehead atoms. The maximum absolute atomic E-state index is 6.13. The lowest BCUT2D eigenvalue weighted by molar-refractivity contribution is -0.0287. The summed E-state index contributed by atoms with van der Waals surface area (Å²) in [4.78, 5) is 7.36. The Kier molecular flexibility index (Phi) is 5.37. The van der Waals surface area contributed by atoms with E-state index in [0.717, 1.165) is 37.4 Å². The molecule has 3 aliphatic heterocycles. The normalized spacial score (nSPS) is 34.1. The molecule has 5 nitrogen and oxygen atoms in total. The number of aryl methyl sites for hydroxylation is 1. The summed E-state index contributed by atoms with van der Waals surface area (Å²) in [6.45, 7) is 8.45. The van der Waals surface area contributed by atoms with Crippen molar-refractivity contribution in [3.05, 3.63) is 17.8 Å². The molecule has 3 fully saturated rings. The van der Waals surface area contributed by atoms with Crippen LogP contribution in [0, 0.1) is 6.92 Å². The topological polar surface area (TPSA) is 49.4 Å². The first-order chi connectivity index (χ1) is 12.6. The van der Waals surface area contributed by atoms with Gasteiger partial charge in [0, 0.05) is 31.2 Å². The molecule has 0 spiro atoms. The van der Waals surface area contributed by atoms with Crippen molar-refractivity contribution >= 4 is 11.5 Å². The van der Waals surface area contributed by atoms with Crippen LogP contribution in [0.3, 0.4) is 0 Å². The van der Waals surface area contributed by atoms with E-state index in [-0.39, 0.29) is 0 Å². The summed E-state index contributed by atoms with van der Waals surface area (Å²) in [5.74, 6) is 1.10. The zero-order valence-corrected chi connectivity index (χ0v) is 16.5. The van der Waals surface area contributed by atoms with Crippen molar-refractivity contribution in [1.82, 2.24) is 10.3 Å². The van der Waals surface area contributed by atoms with E-state index < -0.39 is 0 Å². The fourth-order valence-electron chi connectivity index (χ4n) is 4.83. The van der Waals surface area contributed by atoms with E-state index in [0.29, 0.717) is 30.3 Å². The third-order valence-electron chi connectivity index (χ3n) is 6.37. The van der Waals surface area contributed by atoms with Gasteiger partial charge in [-0.15, -0.1) is 0 Å². The lowest BCUT2D eigenvalue weighted by atomic mass is 9.99. The molecular weight excluding hydrogens is 324 g/mol. The molecule has 5 heteroatoms. The molecular formula is C21H34N4O. The van der Waals surface area contributed by atoms with Crippen LogP contribution in [0.1, 0.15) is 58.1 Å². The molecule has 3 aliphatic rings. The molecule has 0 aliphatic carbocycles. The molecule has 0 amide bonds. The van der Waals surface area contributed by atoms with Gasteiger partial charge in [0.05, 0.1) is 23.6 Å². The summed E-state index contributed by atoms with van der Waals surface area (Å²) in [6, 6.07) is 6.43. The Bertz CT molecular complexity index is 598. The number of anilines is 2. The zero-order chi connectivity index (χ0) is 18.1.